The van der Waals surface area contributed by atoms with Crippen molar-refractivity contribution < 1.29 is 14.4 Å². The summed E-state index contributed by atoms with van der Waals surface area (Å²) in [6, 6.07) is 13.1. The number of carbonyl (C=O) groups excluding carboxylic acids is 3. The summed E-state index contributed by atoms with van der Waals surface area (Å²) < 4.78 is 0. The van der Waals surface area contributed by atoms with Gasteiger partial charge in [-0.3, -0.25) is 9.59 Å². The van der Waals surface area contributed by atoms with E-state index in [1.165, 1.54) is 6.92 Å². The van der Waals surface area contributed by atoms with E-state index in [1.54, 1.807) is 53.4 Å². The number of hydrogen-bond acceptors (Lipinski definition) is 3. The van der Waals surface area contributed by atoms with Crippen LogP contribution in [-0.4, -0.2) is 30.4 Å². The van der Waals surface area contributed by atoms with Crippen molar-refractivity contribution in [2.24, 2.45) is 0 Å². The van der Waals surface area contributed by atoms with Gasteiger partial charge in [-0.25, -0.2) is 4.79 Å². The Bertz CT molecular complexity index is 870. The van der Waals surface area contributed by atoms with Crippen LogP contribution in [0.4, 0.5) is 21.9 Å². The highest BCUT2D eigenvalue weighted by atomic mass is 35.5. The van der Waals surface area contributed by atoms with Crippen LogP contribution in [0, 0.1) is 0 Å². The van der Waals surface area contributed by atoms with Gasteiger partial charge in [0.15, 0.2) is 0 Å². The SMILES string of the molecule is CC(=O)Nc1cccc(NC(=O)N[C@H]2CC(=O)N(c3ccc(Cl)cc3)C2)c1. The fourth-order valence-electron chi connectivity index (χ4n) is 2.91. The topological polar surface area (TPSA) is 90.5 Å². The molecule has 3 N–H and O–H groups in total. The number of anilines is 3. The molecule has 4 amide bonds. The van der Waals surface area contributed by atoms with Crippen LogP contribution in [0.25, 0.3) is 0 Å². The lowest BCUT2D eigenvalue weighted by atomic mass is 10.2. The second kappa shape index (κ2) is 8.09. The van der Waals surface area contributed by atoms with Crippen molar-refractivity contribution in [3.05, 3.63) is 53.6 Å². The summed E-state index contributed by atoms with van der Waals surface area (Å²) in [6.45, 7) is 1.80. The van der Waals surface area contributed by atoms with Crippen LogP contribution < -0.4 is 20.9 Å². The van der Waals surface area contributed by atoms with Crippen LogP contribution in [0.5, 0.6) is 0 Å². The summed E-state index contributed by atoms with van der Waals surface area (Å²) in [6.07, 6.45) is 0.224. The van der Waals surface area contributed by atoms with E-state index in [2.05, 4.69) is 16.0 Å². The first-order chi connectivity index (χ1) is 12.9. The summed E-state index contributed by atoms with van der Waals surface area (Å²) in [4.78, 5) is 37.2. The van der Waals surface area contributed by atoms with Crippen molar-refractivity contribution in [2.45, 2.75) is 19.4 Å². The fraction of sp³-hybridized carbons (Fsp3) is 0.211. The molecule has 140 valence electrons. The summed E-state index contributed by atoms with van der Waals surface area (Å²) in [5.74, 6) is -0.251. The fourth-order valence-corrected chi connectivity index (χ4v) is 3.03. The van der Waals surface area contributed by atoms with Gasteiger partial charge < -0.3 is 20.9 Å². The maximum atomic E-state index is 12.2. The number of benzene rings is 2. The second-order valence-corrected chi connectivity index (χ2v) is 6.68. The summed E-state index contributed by atoms with van der Waals surface area (Å²) in [7, 11) is 0. The summed E-state index contributed by atoms with van der Waals surface area (Å²) >= 11 is 5.88. The highest BCUT2D eigenvalue weighted by Crippen LogP contribution is 2.23. The molecular formula is C19H19ClN4O3. The van der Waals surface area contributed by atoms with Crippen molar-refractivity contribution in [1.82, 2.24) is 5.32 Å². The number of carbonyl (C=O) groups is 3. The Morgan fingerprint density at radius 2 is 1.74 bits per heavy atom. The smallest absolute Gasteiger partial charge is 0.319 e. The minimum atomic E-state index is -0.411. The molecule has 1 aliphatic rings. The zero-order valence-electron chi connectivity index (χ0n) is 14.7. The first-order valence-corrected chi connectivity index (χ1v) is 8.79. The molecule has 1 heterocycles. The maximum Gasteiger partial charge on any atom is 0.319 e. The van der Waals surface area contributed by atoms with E-state index in [9.17, 15) is 14.4 Å². The number of nitrogens with one attached hydrogen (secondary N) is 3. The predicted molar refractivity (Wildman–Crippen MR) is 105 cm³/mol. The van der Waals surface area contributed by atoms with Gasteiger partial charge >= 0.3 is 6.03 Å². The molecular weight excluding hydrogens is 368 g/mol. The van der Waals surface area contributed by atoms with Gasteiger partial charge in [0.1, 0.15) is 0 Å². The molecule has 1 fully saturated rings. The Labute approximate surface area is 161 Å². The Hall–Kier alpha value is -3.06. The van der Waals surface area contributed by atoms with Gasteiger partial charge in [-0.2, -0.15) is 0 Å². The van der Waals surface area contributed by atoms with E-state index < -0.39 is 6.03 Å². The molecule has 0 unspecified atom stereocenters. The lowest BCUT2D eigenvalue weighted by Crippen LogP contribution is -2.39. The third-order valence-electron chi connectivity index (χ3n) is 4.04. The minimum absolute atomic E-state index is 0.0599. The zero-order chi connectivity index (χ0) is 19.4. The maximum absolute atomic E-state index is 12.2. The standard InChI is InChI=1S/C19H19ClN4O3/c1-12(25)21-14-3-2-4-15(9-14)22-19(27)23-16-10-18(26)24(11-16)17-7-5-13(20)6-8-17/h2-9,16H,10-11H2,1H3,(H,21,25)(H2,22,23,27)/t16-/m0/s1. The average molecular weight is 387 g/mol. The third kappa shape index (κ3) is 4.98. The number of rotatable bonds is 4. The molecule has 0 radical (unpaired) electrons. The van der Waals surface area contributed by atoms with Crippen LogP contribution >= 0.6 is 11.6 Å². The molecule has 1 atom stereocenters. The second-order valence-electron chi connectivity index (χ2n) is 6.24. The monoisotopic (exact) mass is 386 g/mol. The highest BCUT2D eigenvalue weighted by Gasteiger charge is 2.31. The minimum Gasteiger partial charge on any atom is -0.333 e. The van der Waals surface area contributed by atoms with E-state index in [-0.39, 0.29) is 24.3 Å². The molecule has 0 spiro atoms. The predicted octanol–water partition coefficient (Wildman–Crippen LogP) is 3.23. The Balaban J connectivity index is 1.58. The van der Waals surface area contributed by atoms with Crippen LogP contribution in [0.3, 0.4) is 0 Å². The molecule has 7 nitrogen and oxygen atoms in total. The van der Waals surface area contributed by atoms with Crippen molar-refractivity contribution in [2.75, 3.05) is 22.1 Å². The van der Waals surface area contributed by atoms with E-state index in [0.29, 0.717) is 22.9 Å². The van der Waals surface area contributed by atoms with Gasteiger partial charge in [-0.05, 0) is 42.5 Å². The number of halogens is 1. The van der Waals surface area contributed by atoms with Crippen molar-refractivity contribution in [1.29, 1.82) is 0 Å². The first-order valence-electron chi connectivity index (χ1n) is 8.42. The van der Waals surface area contributed by atoms with Gasteiger partial charge in [0.25, 0.3) is 0 Å². The van der Waals surface area contributed by atoms with E-state index in [4.69, 9.17) is 11.6 Å². The van der Waals surface area contributed by atoms with Gasteiger partial charge in [-0.1, -0.05) is 17.7 Å². The normalized spacial score (nSPS) is 16.1. The number of nitrogens with zero attached hydrogens (tertiary/aromatic N) is 1. The Morgan fingerprint density at radius 1 is 1.07 bits per heavy atom. The van der Waals surface area contributed by atoms with E-state index >= 15 is 0 Å². The van der Waals surface area contributed by atoms with Crippen LogP contribution in [0.1, 0.15) is 13.3 Å². The Kier molecular flexibility index (Phi) is 5.61. The summed E-state index contributed by atoms with van der Waals surface area (Å²) in [5.41, 5.74) is 1.88. The van der Waals surface area contributed by atoms with E-state index in [1.807, 2.05) is 0 Å². The quantitative estimate of drug-likeness (QED) is 0.753. The summed E-state index contributed by atoms with van der Waals surface area (Å²) in [5, 5.41) is 8.77. The van der Waals surface area contributed by atoms with Crippen LogP contribution in [-0.2, 0) is 9.59 Å². The molecule has 1 saturated heterocycles. The molecule has 3 rings (SSSR count). The molecule has 0 saturated carbocycles. The molecule has 27 heavy (non-hydrogen) atoms. The zero-order valence-corrected chi connectivity index (χ0v) is 15.4. The number of amides is 4. The molecule has 2 aromatic rings. The third-order valence-corrected chi connectivity index (χ3v) is 4.29. The molecule has 0 aromatic heterocycles. The average Bonchev–Trinajstić information content (AvgIpc) is 2.95. The van der Waals surface area contributed by atoms with Gasteiger partial charge in [0, 0.05) is 42.0 Å². The molecule has 0 aliphatic carbocycles. The Morgan fingerprint density at radius 3 is 2.41 bits per heavy atom. The van der Waals surface area contributed by atoms with Crippen LogP contribution in [0.15, 0.2) is 48.5 Å². The first kappa shape index (κ1) is 18.7. The van der Waals surface area contributed by atoms with Crippen molar-refractivity contribution in [3.63, 3.8) is 0 Å². The lowest BCUT2D eigenvalue weighted by molar-refractivity contribution is -0.117. The van der Waals surface area contributed by atoms with Crippen molar-refractivity contribution in [3.8, 4) is 0 Å². The number of urea groups is 1. The van der Waals surface area contributed by atoms with Crippen LogP contribution in [0.2, 0.25) is 5.02 Å². The highest BCUT2D eigenvalue weighted by molar-refractivity contribution is 6.30. The molecule has 0 bridgehead atoms. The van der Waals surface area contributed by atoms with Gasteiger partial charge in [-0.15, -0.1) is 0 Å². The van der Waals surface area contributed by atoms with E-state index in [0.717, 1.165) is 5.69 Å². The molecule has 1 aliphatic heterocycles. The van der Waals surface area contributed by atoms with Crippen molar-refractivity contribution >= 4 is 46.5 Å². The largest absolute Gasteiger partial charge is 0.333 e. The van der Waals surface area contributed by atoms with Gasteiger partial charge in [0.2, 0.25) is 11.8 Å². The molecule has 8 heteroatoms. The van der Waals surface area contributed by atoms with Gasteiger partial charge in [0.05, 0.1) is 6.04 Å². The lowest BCUT2D eigenvalue weighted by Gasteiger charge is -2.17. The number of hydrogen-bond donors (Lipinski definition) is 3. The molecule has 2 aromatic carbocycles.